The quantitative estimate of drug-likeness (QED) is 0.839. The van der Waals surface area contributed by atoms with E-state index in [1.807, 2.05) is 17.0 Å². The number of carbonyl (C=O) groups excluding carboxylic acids is 2. The van der Waals surface area contributed by atoms with E-state index in [-0.39, 0.29) is 12.5 Å². The predicted molar refractivity (Wildman–Crippen MR) is 91.3 cm³/mol. The van der Waals surface area contributed by atoms with Crippen LogP contribution in [0.15, 0.2) is 42.6 Å². The number of hydrogen-bond donors (Lipinski definition) is 1. The van der Waals surface area contributed by atoms with Gasteiger partial charge in [0, 0.05) is 37.9 Å². The monoisotopic (exact) mass is 341 g/mol. The van der Waals surface area contributed by atoms with Crippen LogP contribution in [0.3, 0.4) is 0 Å². The van der Waals surface area contributed by atoms with Crippen molar-refractivity contribution in [1.29, 1.82) is 0 Å². The number of benzene rings is 1. The van der Waals surface area contributed by atoms with Crippen LogP contribution in [0.25, 0.3) is 0 Å². The summed E-state index contributed by atoms with van der Waals surface area (Å²) in [6.45, 7) is 2.48. The zero-order valence-corrected chi connectivity index (χ0v) is 13.7. The van der Waals surface area contributed by atoms with Gasteiger partial charge in [0.2, 0.25) is 0 Å². The van der Waals surface area contributed by atoms with Gasteiger partial charge in [-0.15, -0.1) is 5.10 Å². The van der Waals surface area contributed by atoms with Crippen LogP contribution < -0.4 is 15.4 Å². The van der Waals surface area contributed by atoms with Crippen LogP contribution in [0.4, 0.5) is 5.82 Å². The lowest BCUT2D eigenvalue weighted by atomic mass is 10.1. The smallest absolute Gasteiger partial charge is 0.255 e. The minimum atomic E-state index is -0.541. The number of anilines is 1. The second kappa shape index (κ2) is 7.61. The molecule has 1 aliphatic heterocycles. The summed E-state index contributed by atoms with van der Waals surface area (Å²) < 4.78 is 5.19. The van der Waals surface area contributed by atoms with Crippen molar-refractivity contribution in [2.24, 2.45) is 5.73 Å². The van der Waals surface area contributed by atoms with Gasteiger partial charge in [0.1, 0.15) is 5.75 Å². The number of carbonyl (C=O) groups is 2. The van der Waals surface area contributed by atoms with Crippen LogP contribution in [-0.2, 0) is 4.79 Å². The third-order valence-electron chi connectivity index (χ3n) is 3.93. The maximum atomic E-state index is 12.6. The highest BCUT2D eigenvalue weighted by molar-refractivity contribution is 5.94. The number of ether oxygens (including phenoxy) is 1. The molecule has 8 nitrogen and oxygen atoms in total. The van der Waals surface area contributed by atoms with Gasteiger partial charge in [0.25, 0.3) is 11.8 Å². The van der Waals surface area contributed by atoms with Gasteiger partial charge in [-0.05, 0) is 36.4 Å². The largest absolute Gasteiger partial charge is 0.484 e. The summed E-state index contributed by atoms with van der Waals surface area (Å²) in [5.74, 6) is 0.759. The van der Waals surface area contributed by atoms with Crippen molar-refractivity contribution in [3.05, 3.63) is 48.2 Å². The number of nitrogens with zero attached hydrogens (tertiary/aromatic N) is 4. The van der Waals surface area contributed by atoms with E-state index >= 15 is 0 Å². The number of hydrogen-bond acceptors (Lipinski definition) is 6. The average Bonchev–Trinajstić information content (AvgIpc) is 2.67. The molecule has 3 rings (SSSR count). The van der Waals surface area contributed by atoms with Crippen molar-refractivity contribution in [1.82, 2.24) is 15.1 Å². The molecular formula is C17H19N5O3. The standard InChI is InChI=1S/C17H19N5O3/c18-15(23)12-25-14-5-3-13(4-6-14)17(24)22-10-8-21(9-11-22)16-2-1-7-19-20-16/h1-7H,8-12H2,(H2,18,23). The minimum absolute atomic E-state index is 0.0275. The summed E-state index contributed by atoms with van der Waals surface area (Å²) in [7, 11) is 0. The zero-order valence-electron chi connectivity index (χ0n) is 13.7. The lowest BCUT2D eigenvalue weighted by molar-refractivity contribution is -0.119. The van der Waals surface area contributed by atoms with E-state index in [9.17, 15) is 9.59 Å². The molecule has 130 valence electrons. The molecule has 2 aromatic rings. The molecule has 1 fully saturated rings. The number of amides is 2. The van der Waals surface area contributed by atoms with E-state index < -0.39 is 5.91 Å². The first-order valence-corrected chi connectivity index (χ1v) is 7.96. The van der Waals surface area contributed by atoms with Crippen LogP contribution in [0, 0.1) is 0 Å². The molecular weight excluding hydrogens is 322 g/mol. The Balaban J connectivity index is 1.56. The number of rotatable bonds is 5. The molecule has 2 heterocycles. The van der Waals surface area contributed by atoms with Crippen LogP contribution in [0.2, 0.25) is 0 Å². The Kier molecular flexibility index (Phi) is 5.08. The fraction of sp³-hybridized carbons (Fsp3) is 0.294. The Bertz CT molecular complexity index is 728. The van der Waals surface area contributed by atoms with Gasteiger partial charge >= 0.3 is 0 Å². The first-order valence-electron chi connectivity index (χ1n) is 7.96. The molecule has 8 heteroatoms. The Hall–Kier alpha value is -3.16. The van der Waals surface area contributed by atoms with Gasteiger partial charge < -0.3 is 20.3 Å². The zero-order chi connectivity index (χ0) is 17.6. The molecule has 2 amide bonds. The normalized spacial score (nSPS) is 14.2. The lowest BCUT2D eigenvalue weighted by Gasteiger charge is -2.35. The van der Waals surface area contributed by atoms with Gasteiger partial charge in [-0.25, -0.2) is 0 Å². The molecule has 0 unspecified atom stereocenters. The van der Waals surface area contributed by atoms with Crippen LogP contribution in [0.5, 0.6) is 5.75 Å². The summed E-state index contributed by atoms with van der Waals surface area (Å²) in [5, 5.41) is 7.98. The third-order valence-corrected chi connectivity index (χ3v) is 3.93. The molecule has 0 bridgehead atoms. The Morgan fingerprint density at radius 3 is 2.40 bits per heavy atom. The molecule has 1 aromatic carbocycles. The molecule has 25 heavy (non-hydrogen) atoms. The summed E-state index contributed by atoms with van der Waals surface area (Å²) in [6.07, 6.45) is 1.64. The molecule has 1 aromatic heterocycles. The maximum Gasteiger partial charge on any atom is 0.255 e. The number of nitrogens with two attached hydrogens (primary N) is 1. The van der Waals surface area contributed by atoms with Gasteiger partial charge in [-0.3, -0.25) is 9.59 Å². The van der Waals surface area contributed by atoms with Crippen molar-refractivity contribution in [2.45, 2.75) is 0 Å². The van der Waals surface area contributed by atoms with Crippen molar-refractivity contribution in [2.75, 3.05) is 37.7 Å². The Labute approximate surface area is 145 Å². The molecule has 0 saturated carbocycles. The second-order valence-corrected chi connectivity index (χ2v) is 5.64. The fourth-order valence-corrected chi connectivity index (χ4v) is 2.63. The van der Waals surface area contributed by atoms with E-state index in [0.717, 1.165) is 5.82 Å². The number of primary amides is 1. The summed E-state index contributed by atoms with van der Waals surface area (Å²) in [4.78, 5) is 27.2. The first-order chi connectivity index (χ1) is 12.1. The Morgan fingerprint density at radius 2 is 1.80 bits per heavy atom. The summed E-state index contributed by atoms with van der Waals surface area (Å²) in [6, 6.07) is 10.5. The summed E-state index contributed by atoms with van der Waals surface area (Å²) >= 11 is 0. The fourth-order valence-electron chi connectivity index (χ4n) is 2.63. The topological polar surface area (TPSA) is 102 Å². The van der Waals surface area contributed by atoms with E-state index in [2.05, 4.69) is 15.1 Å². The van der Waals surface area contributed by atoms with Crippen molar-refractivity contribution < 1.29 is 14.3 Å². The average molecular weight is 341 g/mol. The molecule has 1 saturated heterocycles. The highest BCUT2D eigenvalue weighted by Gasteiger charge is 2.22. The van der Waals surface area contributed by atoms with Gasteiger partial charge in [-0.1, -0.05) is 0 Å². The van der Waals surface area contributed by atoms with Gasteiger partial charge in [-0.2, -0.15) is 5.10 Å². The molecule has 1 aliphatic rings. The van der Waals surface area contributed by atoms with E-state index in [4.69, 9.17) is 10.5 Å². The second-order valence-electron chi connectivity index (χ2n) is 5.64. The van der Waals surface area contributed by atoms with E-state index in [0.29, 0.717) is 37.5 Å². The van der Waals surface area contributed by atoms with Gasteiger partial charge in [0.15, 0.2) is 12.4 Å². The third kappa shape index (κ3) is 4.23. The molecule has 2 N–H and O–H groups in total. The number of piperazine rings is 1. The SMILES string of the molecule is NC(=O)COc1ccc(C(=O)N2CCN(c3cccnn3)CC2)cc1. The van der Waals surface area contributed by atoms with Gasteiger partial charge in [0.05, 0.1) is 0 Å². The van der Waals surface area contributed by atoms with Crippen LogP contribution >= 0.6 is 0 Å². The van der Waals surface area contributed by atoms with E-state index in [1.165, 1.54) is 0 Å². The van der Waals surface area contributed by atoms with Crippen LogP contribution in [-0.4, -0.2) is 59.7 Å². The highest BCUT2D eigenvalue weighted by atomic mass is 16.5. The molecule has 0 radical (unpaired) electrons. The lowest BCUT2D eigenvalue weighted by Crippen LogP contribution is -2.49. The summed E-state index contributed by atoms with van der Waals surface area (Å²) in [5.41, 5.74) is 5.61. The Morgan fingerprint density at radius 1 is 1.08 bits per heavy atom. The molecule has 0 atom stereocenters. The minimum Gasteiger partial charge on any atom is -0.484 e. The molecule has 0 spiro atoms. The highest BCUT2D eigenvalue weighted by Crippen LogP contribution is 2.16. The number of aromatic nitrogens is 2. The predicted octanol–water partition coefficient (Wildman–Crippen LogP) is 0.303. The van der Waals surface area contributed by atoms with Crippen LogP contribution in [0.1, 0.15) is 10.4 Å². The van der Waals surface area contributed by atoms with Crippen molar-refractivity contribution in [3.63, 3.8) is 0 Å². The maximum absolute atomic E-state index is 12.6. The van der Waals surface area contributed by atoms with Crippen molar-refractivity contribution >= 4 is 17.6 Å². The van der Waals surface area contributed by atoms with Crippen molar-refractivity contribution in [3.8, 4) is 5.75 Å². The molecule has 0 aliphatic carbocycles. The first kappa shape index (κ1) is 16.7. The van der Waals surface area contributed by atoms with E-state index in [1.54, 1.807) is 30.5 Å².